The van der Waals surface area contributed by atoms with Crippen molar-refractivity contribution in [3.05, 3.63) is 34.2 Å². The molecular formula is C10H11BrN2O. The van der Waals surface area contributed by atoms with E-state index >= 15 is 0 Å². The average molecular weight is 255 g/mol. The highest BCUT2D eigenvalue weighted by atomic mass is 79.9. The van der Waals surface area contributed by atoms with Crippen LogP contribution in [0.2, 0.25) is 0 Å². The topological polar surface area (TPSA) is 37.5 Å². The molecular weight excluding hydrogens is 244 g/mol. The molecule has 0 aliphatic heterocycles. The maximum atomic E-state index is 9.49. The molecule has 1 N–H and O–H groups in total. The smallest absolute Gasteiger partial charge is 0.140 e. The molecule has 1 unspecified atom stereocenters. The highest BCUT2D eigenvalue weighted by Crippen LogP contribution is 2.25. The van der Waals surface area contributed by atoms with Crippen LogP contribution in [0.15, 0.2) is 22.9 Å². The first-order valence-corrected chi connectivity index (χ1v) is 5.21. The Morgan fingerprint density at radius 3 is 2.86 bits per heavy atom. The Kier molecular flexibility index (Phi) is 2.33. The molecule has 74 valence electrons. The summed E-state index contributed by atoms with van der Waals surface area (Å²) in [4.78, 5) is 4.38. The van der Waals surface area contributed by atoms with E-state index in [1.165, 1.54) is 0 Å². The van der Waals surface area contributed by atoms with Crippen LogP contribution in [-0.4, -0.2) is 14.5 Å². The number of hydrogen-bond donors (Lipinski definition) is 1. The first-order valence-electron chi connectivity index (χ1n) is 4.42. The second-order valence-electron chi connectivity index (χ2n) is 3.35. The Balaban J connectivity index is 2.80. The molecule has 0 radical (unpaired) electrons. The van der Waals surface area contributed by atoms with Gasteiger partial charge in [0.2, 0.25) is 0 Å². The summed E-state index contributed by atoms with van der Waals surface area (Å²) in [5.41, 5.74) is 2.66. The molecule has 0 aromatic carbocycles. The third kappa shape index (κ3) is 1.35. The van der Waals surface area contributed by atoms with Gasteiger partial charge in [0.25, 0.3) is 0 Å². The lowest BCUT2D eigenvalue weighted by Gasteiger charge is -1.99. The fourth-order valence-electron chi connectivity index (χ4n) is 1.46. The predicted molar refractivity (Wildman–Crippen MR) is 58.3 cm³/mol. The molecule has 2 aromatic heterocycles. The van der Waals surface area contributed by atoms with Crippen LogP contribution >= 0.6 is 15.9 Å². The standard InChI is InChI=1S/C10H11BrN2O/c1-6-4-3-5-13-9(11)8(7(2)14)12-10(6)13/h3-5,7,14H,1-2H3. The van der Waals surface area contributed by atoms with Crippen LogP contribution in [0.3, 0.4) is 0 Å². The zero-order chi connectivity index (χ0) is 10.3. The summed E-state index contributed by atoms with van der Waals surface area (Å²) in [6.07, 6.45) is 1.37. The molecule has 0 aliphatic carbocycles. The van der Waals surface area contributed by atoms with Gasteiger partial charge in [-0.05, 0) is 41.4 Å². The monoisotopic (exact) mass is 254 g/mol. The Labute approximate surface area is 90.5 Å². The molecule has 2 aromatic rings. The number of aryl methyl sites for hydroxylation is 1. The average Bonchev–Trinajstić information content (AvgIpc) is 2.46. The summed E-state index contributed by atoms with van der Waals surface area (Å²) in [6.45, 7) is 3.71. The number of aliphatic hydroxyl groups is 1. The van der Waals surface area contributed by atoms with Crippen LogP contribution in [0, 0.1) is 6.92 Å². The SMILES string of the molecule is Cc1cccn2c(Br)c(C(C)O)nc12. The number of pyridine rings is 1. The summed E-state index contributed by atoms with van der Waals surface area (Å²) < 4.78 is 2.75. The second-order valence-corrected chi connectivity index (χ2v) is 4.10. The van der Waals surface area contributed by atoms with Crippen molar-refractivity contribution in [2.24, 2.45) is 0 Å². The second kappa shape index (κ2) is 3.37. The molecule has 2 heterocycles. The molecule has 0 spiro atoms. The third-order valence-corrected chi connectivity index (χ3v) is 3.00. The lowest BCUT2D eigenvalue weighted by atomic mass is 10.3. The van der Waals surface area contributed by atoms with Crippen LogP contribution in [0.25, 0.3) is 5.65 Å². The van der Waals surface area contributed by atoms with Gasteiger partial charge in [-0.25, -0.2) is 4.98 Å². The van der Waals surface area contributed by atoms with Crippen molar-refractivity contribution in [3.63, 3.8) is 0 Å². The first-order chi connectivity index (χ1) is 6.61. The summed E-state index contributed by atoms with van der Waals surface area (Å²) >= 11 is 3.43. The van der Waals surface area contributed by atoms with Gasteiger partial charge in [-0.3, -0.25) is 4.40 Å². The number of rotatable bonds is 1. The van der Waals surface area contributed by atoms with Gasteiger partial charge >= 0.3 is 0 Å². The number of aromatic nitrogens is 2. The van der Waals surface area contributed by atoms with E-state index in [0.717, 1.165) is 15.8 Å². The molecule has 3 nitrogen and oxygen atoms in total. The van der Waals surface area contributed by atoms with Gasteiger partial charge in [0.1, 0.15) is 15.9 Å². The normalized spacial score (nSPS) is 13.4. The summed E-state index contributed by atoms with van der Waals surface area (Å²) in [5.74, 6) is 0. The molecule has 0 bridgehead atoms. The van der Waals surface area contributed by atoms with E-state index in [-0.39, 0.29) is 0 Å². The van der Waals surface area contributed by atoms with Crippen LogP contribution in [0.4, 0.5) is 0 Å². The molecule has 4 heteroatoms. The van der Waals surface area contributed by atoms with Crippen molar-refractivity contribution >= 4 is 21.6 Å². The van der Waals surface area contributed by atoms with Crippen LogP contribution in [0.1, 0.15) is 24.3 Å². The van der Waals surface area contributed by atoms with E-state index in [1.807, 2.05) is 29.7 Å². The van der Waals surface area contributed by atoms with Crippen LogP contribution in [0.5, 0.6) is 0 Å². The Bertz CT molecular complexity index is 476. The quantitative estimate of drug-likeness (QED) is 0.849. The van der Waals surface area contributed by atoms with Crippen molar-refractivity contribution in [1.29, 1.82) is 0 Å². The number of halogens is 1. The molecule has 1 atom stereocenters. The van der Waals surface area contributed by atoms with E-state index in [9.17, 15) is 5.11 Å². The highest BCUT2D eigenvalue weighted by Gasteiger charge is 2.14. The minimum atomic E-state index is -0.552. The fourth-order valence-corrected chi connectivity index (χ4v) is 2.16. The third-order valence-electron chi connectivity index (χ3n) is 2.21. The van der Waals surface area contributed by atoms with Crippen molar-refractivity contribution in [2.45, 2.75) is 20.0 Å². The molecule has 2 rings (SSSR count). The molecule has 0 aliphatic rings. The van der Waals surface area contributed by atoms with Gasteiger partial charge in [0.15, 0.2) is 0 Å². The van der Waals surface area contributed by atoms with E-state index in [1.54, 1.807) is 6.92 Å². The molecule has 0 saturated carbocycles. The largest absolute Gasteiger partial charge is 0.387 e. The molecule has 0 amide bonds. The van der Waals surface area contributed by atoms with E-state index < -0.39 is 6.10 Å². The summed E-state index contributed by atoms with van der Waals surface area (Å²) in [7, 11) is 0. The summed E-state index contributed by atoms with van der Waals surface area (Å²) in [5, 5.41) is 9.49. The van der Waals surface area contributed by atoms with Crippen LogP contribution < -0.4 is 0 Å². The predicted octanol–water partition coefficient (Wildman–Crippen LogP) is 2.46. The van der Waals surface area contributed by atoms with E-state index in [0.29, 0.717) is 5.69 Å². The number of hydrogen-bond acceptors (Lipinski definition) is 2. The fraction of sp³-hybridized carbons (Fsp3) is 0.300. The Morgan fingerprint density at radius 2 is 2.29 bits per heavy atom. The maximum Gasteiger partial charge on any atom is 0.140 e. The zero-order valence-corrected chi connectivity index (χ0v) is 9.62. The van der Waals surface area contributed by atoms with Crippen LogP contribution in [-0.2, 0) is 0 Å². The minimum absolute atomic E-state index is 0.552. The lowest BCUT2D eigenvalue weighted by Crippen LogP contribution is -1.91. The number of fused-ring (bicyclic) bond motifs is 1. The highest BCUT2D eigenvalue weighted by molar-refractivity contribution is 9.10. The van der Waals surface area contributed by atoms with Crippen molar-refractivity contribution in [3.8, 4) is 0 Å². The van der Waals surface area contributed by atoms with E-state index in [4.69, 9.17) is 0 Å². The van der Waals surface area contributed by atoms with Gasteiger partial charge in [0, 0.05) is 6.20 Å². The van der Waals surface area contributed by atoms with Gasteiger partial charge < -0.3 is 5.11 Å². The van der Waals surface area contributed by atoms with Gasteiger partial charge in [0.05, 0.1) is 6.10 Å². The van der Waals surface area contributed by atoms with Crippen molar-refractivity contribution in [2.75, 3.05) is 0 Å². The number of nitrogens with zero attached hydrogens (tertiary/aromatic N) is 2. The Hall–Kier alpha value is -0.870. The molecule has 14 heavy (non-hydrogen) atoms. The minimum Gasteiger partial charge on any atom is -0.387 e. The number of aliphatic hydroxyl groups excluding tert-OH is 1. The lowest BCUT2D eigenvalue weighted by molar-refractivity contribution is 0.194. The van der Waals surface area contributed by atoms with Crippen molar-refractivity contribution in [1.82, 2.24) is 9.38 Å². The number of imidazole rings is 1. The van der Waals surface area contributed by atoms with Crippen molar-refractivity contribution < 1.29 is 5.11 Å². The van der Waals surface area contributed by atoms with E-state index in [2.05, 4.69) is 20.9 Å². The molecule has 0 fully saturated rings. The van der Waals surface area contributed by atoms with Gasteiger partial charge in [-0.15, -0.1) is 0 Å². The zero-order valence-electron chi connectivity index (χ0n) is 8.03. The summed E-state index contributed by atoms with van der Waals surface area (Å²) in [6, 6.07) is 3.96. The van der Waals surface area contributed by atoms with Gasteiger partial charge in [-0.2, -0.15) is 0 Å². The Morgan fingerprint density at radius 1 is 1.57 bits per heavy atom. The first kappa shape index (κ1) is 9.68. The van der Waals surface area contributed by atoms with Gasteiger partial charge in [-0.1, -0.05) is 6.07 Å². The maximum absolute atomic E-state index is 9.49. The molecule has 0 saturated heterocycles.